The molecule has 1 aromatic carbocycles. The van der Waals surface area contributed by atoms with Crippen molar-refractivity contribution in [2.45, 2.75) is 13.3 Å². The molecule has 1 fully saturated rings. The maximum Gasteiger partial charge on any atom is 0.274 e. The summed E-state index contributed by atoms with van der Waals surface area (Å²) in [7, 11) is 1.83. The third-order valence-corrected chi connectivity index (χ3v) is 5.29. The highest BCUT2D eigenvalue weighted by Gasteiger charge is 2.26. The second kappa shape index (κ2) is 7.90. The number of benzene rings is 1. The molecular weight excluding hydrogens is 368 g/mol. The summed E-state index contributed by atoms with van der Waals surface area (Å²) in [5.74, 6) is -0.126. The molecule has 3 aromatic rings. The maximum atomic E-state index is 13.2. The van der Waals surface area contributed by atoms with Crippen molar-refractivity contribution in [2.24, 2.45) is 7.05 Å². The van der Waals surface area contributed by atoms with Crippen LogP contribution in [-0.2, 0) is 7.05 Å². The Morgan fingerprint density at radius 2 is 1.69 bits per heavy atom. The van der Waals surface area contributed by atoms with Crippen molar-refractivity contribution in [3.63, 3.8) is 0 Å². The van der Waals surface area contributed by atoms with Crippen molar-refractivity contribution in [3.05, 3.63) is 65.7 Å². The van der Waals surface area contributed by atoms with Crippen LogP contribution < -0.4 is 0 Å². The standard InChI is InChI=1S/C21H24N6O2/c1-16-15-18(23-24(16)2)21(29)26-11-6-10-25(13-14-26)20(28)17-7-3-4-8-19(17)27-12-5-9-22-27/h3-5,7-9,12,15H,6,10-11,13-14H2,1-2H3. The summed E-state index contributed by atoms with van der Waals surface area (Å²) < 4.78 is 3.40. The Bertz CT molecular complexity index is 1000. The molecule has 1 saturated heterocycles. The van der Waals surface area contributed by atoms with Crippen LogP contribution in [0.15, 0.2) is 48.8 Å². The lowest BCUT2D eigenvalue weighted by atomic mass is 10.1. The van der Waals surface area contributed by atoms with Crippen LogP contribution in [0.2, 0.25) is 0 Å². The number of rotatable bonds is 3. The number of aromatic nitrogens is 4. The molecule has 0 spiro atoms. The lowest BCUT2D eigenvalue weighted by Gasteiger charge is -2.22. The first kappa shape index (κ1) is 18.9. The van der Waals surface area contributed by atoms with Crippen molar-refractivity contribution in [1.82, 2.24) is 29.4 Å². The van der Waals surface area contributed by atoms with Gasteiger partial charge in [-0.05, 0) is 37.6 Å². The van der Waals surface area contributed by atoms with Crippen LogP contribution in [0.25, 0.3) is 5.69 Å². The lowest BCUT2D eigenvalue weighted by Crippen LogP contribution is -2.37. The molecule has 4 rings (SSSR count). The van der Waals surface area contributed by atoms with Gasteiger partial charge in [-0.2, -0.15) is 10.2 Å². The number of para-hydroxylation sites is 1. The molecule has 0 aliphatic carbocycles. The minimum absolute atomic E-state index is 0.0425. The van der Waals surface area contributed by atoms with E-state index in [1.54, 1.807) is 26.5 Å². The van der Waals surface area contributed by atoms with Crippen LogP contribution >= 0.6 is 0 Å². The molecule has 3 heterocycles. The fourth-order valence-electron chi connectivity index (χ4n) is 3.59. The molecule has 29 heavy (non-hydrogen) atoms. The molecule has 2 aromatic heterocycles. The number of carbonyl (C=O) groups is 2. The summed E-state index contributed by atoms with van der Waals surface area (Å²) in [6, 6.07) is 11.1. The highest BCUT2D eigenvalue weighted by atomic mass is 16.2. The third kappa shape index (κ3) is 3.78. The summed E-state index contributed by atoms with van der Waals surface area (Å²) in [6.45, 7) is 4.12. The van der Waals surface area contributed by atoms with Crippen molar-refractivity contribution < 1.29 is 9.59 Å². The van der Waals surface area contributed by atoms with Crippen molar-refractivity contribution >= 4 is 11.8 Å². The van der Waals surface area contributed by atoms with E-state index in [9.17, 15) is 9.59 Å². The minimum Gasteiger partial charge on any atom is -0.337 e. The minimum atomic E-state index is -0.0834. The van der Waals surface area contributed by atoms with Crippen molar-refractivity contribution in [3.8, 4) is 5.69 Å². The van der Waals surface area contributed by atoms with E-state index in [2.05, 4.69) is 10.2 Å². The fourth-order valence-corrected chi connectivity index (χ4v) is 3.59. The topological polar surface area (TPSA) is 76.3 Å². The van der Waals surface area contributed by atoms with E-state index in [4.69, 9.17) is 0 Å². The number of nitrogens with zero attached hydrogens (tertiary/aromatic N) is 6. The van der Waals surface area contributed by atoms with Gasteiger partial charge in [0.15, 0.2) is 5.69 Å². The molecule has 150 valence electrons. The zero-order chi connectivity index (χ0) is 20.4. The van der Waals surface area contributed by atoms with Gasteiger partial charge in [0.1, 0.15) is 0 Å². The first-order valence-corrected chi connectivity index (χ1v) is 9.73. The van der Waals surface area contributed by atoms with Gasteiger partial charge in [0.05, 0.1) is 11.3 Å². The Morgan fingerprint density at radius 1 is 0.966 bits per heavy atom. The summed E-state index contributed by atoms with van der Waals surface area (Å²) in [6.07, 6.45) is 4.24. The molecule has 8 heteroatoms. The molecule has 0 bridgehead atoms. The predicted molar refractivity (Wildman–Crippen MR) is 108 cm³/mol. The van der Waals surface area contributed by atoms with E-state index < -0.39 is 0 Å². The number of hydrogen-bond acceptors (Lipinski definition) is 4. The van der Waals surface area contributed by atoms with Gasteiger partial charge in [-0.3, -0.25) is 14.3 Å². The summed E-state index contributed by atoms with van der Waals surface area (Å²) in [5.41, 5.74) is 2.75. The van der Waals surface area contributed by atoms with Crippen LogP contribution in [0, 0.1) is 6.92 Å². The SMILES string of the molecule is Cc1cc(C(=O)N2CCCN(C(=O)c3ccccc3-n3cccn3)CC2)nn1C. The van der Waals surface area contributed by atoms with E-state index in [1.807, 2.05) is 55.4 Å². The number of aryl methyl sites for hydroxylation is 2. The summed E-state index contributed by atoms with van der Waals surface area (Å²) in [5, 5.41) is 8.55. The van der Waals surface area contributed by atoms with E-state index in [-0.39, 0.29) is 11.8 Å². The van der Waals surface area contributed by atoms with Gasteiger partial charge in [-0.15, -0.1) is 0 Å². The Hall–Kier alpha value is -3.42. The van der Waals surface area contributed by atoms with Gasteiger partial charge in [-0.1, -0.05) is 12.1 Å². The number of hydrogen-bond donors (Lipinski definition) is 0. The average molecular weight is 392 g/mol. The second-order valence-electron chi connectivity index (χ2n) is 7.20. The van der Waals surface area contributed by atoms with Crippen LogP contribution in [0.3, 0.4) is 0 Å². The fraction of sp³-hybridized carbons (Fsp3) is 0.333. The van der Waals surface area contributed by atoms with Gasteiger partial charge in [0, 0.05) is 51.3 Å². The molecule has 0 atom stereocenters. The molecule has 0 unspecified atom stereocenters. The zero-order valence-electron chi connectivity index (χ0n) is 16.7. The lowest BCUT2D eigenvalue weighted by molar-refractivity contribution is 0.0715. The van der Waals surface area contributed by atoms with Crippen LogP contribution in [0.4, 0.5) is 0 Å². The summed E-state index contributed by atoms with van der Waals surface area (Å²) >= 11 is 0. The molecule has 1 aliphatic rings. The number of carbonyl (C=O) groups excluding carboxylic acids is 2. The van der Waals surface area contributed by atoms with Gasteiger partial charge < -0.3 is 9.80 Å². The quantitative estimate of drug-likeness (QED) is 0.682. The van der Waals surface area contributed by atoms with Gasteiger partial charge in [0.25, 0.3) is 11.8 Å². The van der Waals surface area contributed by atoms with E-state index >= 15 is 0 Å². The highest BCUT2D eigenvalue weighted by Crippen LogP contribution is 2.18. The zero-order valence-corrected chi connectivity index (χ0v) is 16.7. The van der Waals surface area contributed by atoms with Crippen LogP contribution in [-0.4, -0.2) is 67.4 Å². The Morgan fingerprint density at radius 3 is 2.34 bits per heavy atom. The van der Waals surface area contributed by atoms with E-state index in [1.165, 1.54) is 0 Å². The first-order valence-electron chi connectivity index (χ1n) is 9.73. The second-order valence-corrected chi connectivity index (χ2v) is 7.20. The Balaban J connectivity index is 1.49. The normalized spacial score (nSPS) is 14.7. The van der Waals surface area contributed by atoms with E-state index in [0.717, 1.165) is 17.8 Å². The third-order valence-electron chi connectivity index (χ3n) is 5.29. The largest absolute Gasteiger partial charge is 0.337 e. The monoisotopic (exact) mass is 392 g/mol. The molecule has 2 amide bonds. The summed E-state index contributed by atoms with van der Waals surface area (Å²) in [4.78, 5) is 29.6. The smallest absolute Gasteiger partial charge is 0.274 e. The Labute approximate surface area is 169 Å². The van der Waals surface area contributed by atoms with E-state index in [0.29, 0.717) is 37.4 Å². The van der Waals surface area contributed by atoms with Gasteiger partial charge in [0.2, 0.25) is 0 Å². The highest BCUT2D eigenvalue weighted by molar-refractivity contribution is 5.98. The van der Waals surface area contributed by atoms with Crippen molar-refractivity contribution in [2.75, 3.05) is 26.2 Å². The molecular formula is C21H24N6O2. The maximum absolute atomic E-state index is 13.2. The molecule has 0 saturated carbocycles. The van der Waals surface area contributed by atoms with Crippen molar-refractivity contribution in [1.29, 1.82) is 0 Å². The van der Waals surface area contributed by atoms with Crippen LogP contribution in [0.5, 0.6) is 0 Å². The molecule has 0 N–H and O–H groups in total. The van der Waals surface area contributed by atoms with Gasteiger partial charge >= 0.3 is 0 Å². The van der Waals surface area contributed by atoms with Crippen LogP contribution in [0.1, 0.15) is 33.0 Å². The molecule has 8 nitrogen and oxygen atoms in total. The van der Waals surface area contributed by atoms with Gasteiger partial charge in [-0.25, -0.2) is 4.68 Å². The Kier molecular flexibility index (Phi) is 5.16. The number of amides is 2. The molecule has 0 radical (unpaired) electrons. The predicted octanol–water partition coefficient (Wildman–Crippen LogP) is 1.90. The average Bonchev–Trinajstić information content (AvgIpc) is 3.31. The first-order chi connectivity index (χ1) is 14.0. The molecule has 1 aliphatic heterocycles.